The van der Waals surface area contributed by atoms with Crippen LogP contribution in [-0.4, -0.2) is 43.7 Å². The molecule has 0 aromatic heterocycles. The van der Waals surface area contributed by atoms with Crippen LogP contribution < -0.4 is 10.1 Å². The molecule has 2 aromatic rings. The minimum atomic E-state index is -0.940. The fourth-order valence-electron chi connectivity index (χ4n) is 3.19. The predicted octanol–water partition coefficient (Wildman–Crippen LogP) is 3.19. The third-order valence-electron chi connectivity index (χ3n) is 4.90. The number of ether oxygens (including phenoxy) is 2. The number of carbonyl (C=O) groups is 1. The molecule has 2 atom stereocenters. The second kappa shape index (κ2) is 9.28. The van der Waals surface area contributed by atoms with E-state index in [1.54, 1.807) is 17.0 Å². The van der Waals surface area contributed by atoms with Gasteiger partial charge in [0.05, 0.1) is 13.2 Å². The molecule has 0 aliphatic carbocycles. The molecule has 2 unspecified atom stereocenters. The summed E-state index contributed by atoms with van der Waals surface area (Å²) in [6.07, 6.45) is -0.261. The Bertz CT molecular complexity index is 878. The summed E-state index contributed by atoms with van der Waals surface area (Å²) in [7, 11) is 1.41. The summed E-state index contributed by atoms with van der Waals surface area (Å²) < 4.78 is 50.7. The highest BCUT2D eigenvalue weighted by Crippen LogP contribution is 2.22. The number of benzene rings is 2. The summed E-state index contributed by atoms with van der Waals surface area (Å²) in [5.74, 6) is -2.32. The Morgan fingerprint density at radius 1 is 1.17 bits per heavy atom. The zero-order valence-corrected chi connectivity index (χ0v) is 16.3. The smallest absolute Gasteiger partial charge is 0.248 e. The summed E-state index contributed by atoms with van der Waals surface area (Å²) in [5, 5.41) is 3.30. The van der Waals surface area contributed by atoms with Gasteiger partial charge in [0.1, 0.15) is 6.61 Å². The monoisotopic (exact) mass is 408 g/mol. The summed E-state index contributed by atoms with van der Waals surface area (Å²) in [5.41, 5.74) is 1.37. The molecular formula is C21H23F3N2O3. The Morgan fingerprint density at radius 2 is 1.93 bits per heavy atom. The highest BCUT2D eigenvalue weighted by Gasteiger charge is 2.27. The van der Waals surface area contributed by atoms with Crippen molar-refractivity contribution < 1.29 is 27.4 Å². The topological polar surface area (TPSA) is 50.8 Å². The van der Waals surface area contributed by atoms with Crippen LogP contribution in [0.25, 0.3) is 0 Å². The first-order valence-electron chi connectivity index (χ1n) is 9.27. The number of nitrogens with zero attached hydrogens (tertiary/aromatic N) is 1. The molecule has 0 radical (unpaired) electrons. The van der Waals surface area contributed by atoms with Crippen molar-refractivity contribution in [2.75, 3.05) is 26.8 Å². The standard InChI is InChI=1S/C21H23F3N2O3/c1-13(15-4-6-18(23)20(8-15)28-2)25-9-16-11-26(21(27)12-29-16)10-14-3-5-17(22)19(24)7-14/h3-8,13,16,25H,9-12H2,1-2H3. The van der Waals surface area contributed by atoms with Crippen LogP contribution >= 0.6 is 0 Å². The van der Waals surface area contributed by atoms with Crippen molar-refractivity contribution in [2.24, 2.45) is 0 Å². The van der Waals surface area contributed by atoms with E-state index in [1.807, 2.05) is 6.92 Å². The molecule has 0 spiro atoms. The molecule has 3 rings (SSSR count). The zero-order valence-electron chi connectivity index (χ0n) is 16.3. The number of hydrogen-bond acceptors (Lipinski definition) is 4. The lowest BCUT2D eigenvalue weighted by molar-refractivity contribution is -0.149. The molecule has 1 heterocycles. The van der Waals surface area contributed by atoms with Crippen molar-refractivity contribution in [1.29, 1.82) is 0 Å². The van der Waals surface area contributed by atoms with Gasteiger partial charge in [0.2, 0.25) is 5.91 Å². The number of hydrogen-bond donors (Lipinski definition) is 1. The largest absolute Gasteiger partial charge is 0.494 e. The quantitative estimate of drug-likeness (QED) is 0.765. The fourth-order valence-corrected chi connectivity index (χ4v) is 3.19. The van der Waals surface area contributed by atoms with Crippen LogP contribution in [0.15, 0.2) is 36.4 Å². The molecule has 156 valence electrons. The number of amides is 1. The Morgan fingerprint density at radius 3 is 2.66 bits per heavy atom. The Labute approximate surface area is 167 Å². The van der Waals surface area contributed by atoms with Crippen molar-refractivity contribution in [3.05, 3.63) is 65.0 Å². The Hall–Kier alpha value is -2.58. The lowest BCUT2D eigenvalue weighted by atomic mass is 10.1. The van der Waals surface area contributed by atoms with E-state index in [1.165, 1.54) is 19.2 Å². The minimum absolute atomic E-state index is 0.0746. The fraction of sp³-hybridized carbons (Fsp3) is 0.381. The highest BCUT2D eigenvalue weighted by atomic mass is 19.2. The van der Waals surface area contributed by atoms with Crippen molar-refractivity contribution in [3.8, 4) is 5.75 Å². The predicted molar refractivity (Wildman–Crippen MR) is 101 cm³/mol. The number of carbonyl (C=O) groups excluding carboxylic acids is 1. The maximum atomic E-state index is 13.6. The number of rotatable bonds is 7. The van der Waals surface area contributed by atoms with Gasteiger partial charge in [0, 0.05) is 25.7 Å². The van der Waals surface area contributed by atoms with Crippen molar-refractivity contribution in [3.63, 3.8) is 0 Å². The second-order valence-electron chi connectivity index (χ2n) is 6.98. The van der Waals surface area contributed by atoms with Gasteiger partial charge in [0.25, 0.3) is 0 Å². The van der Waals surface area contributed by atoms with E-state index in [0.717, 1.165) is 17.7 Å². The molecule has 1 saturated heterocycles. The number of morpholine rings is 1. The SMILES string of the molecule is COc1cc(C(C)NCC2CN(Cc3ccc(F)c(F)c3)C(=O)CO2)ccc1F. The van der Waals surface area contributed by atoms with Crippen molar-refractivity contribution in [1.82, 2.24) is 10.2 Å². The molecule has 1 aliphatic rings. The number of methoxy groups -OCH3 is 1. The van der Waals surface area contributed by atoms with Crippen LogP contribution in [0.5, 0.6) is 5.75 Å². The lowest BCUT2D eigenvalue weighted by Crippen LogP contribution is -2.49. The van der Waals surface area contributed by atoms with Gasteiger partial charge in [-0.3, -0.25) is 4.79 Å². The normalized spacial score (nSPS) is 18.0. The van der Waals surface area contributed by atoms with Crippen LogP contribution in [-0.2, 0) is 16.1 Å². The van der Waals surface area contributed by atoms with Crippen LogP contribution in [0, 0.1) is 17.5 Å². The summed E-state index contributed by atoms with van der Waals surface area (Å²) in [6, 6.07) is 8.17. The van der Waals surface area contributed by atoms with Crippen molar-refractivity contribution in [2.45, 2.75) is 25.6 Å². The van der Waals surface area contributed by atoms with E-state index in [4.69, 9.17) is 9.47 Å². The van der Waals surface area contributed by atoms with E-state index >= 15 is 0 Å². The van der Waals surface area contributed by atoms with E-state index < -0.39 is 17.5 Å². The first kappa shape index (κ1) is 21.1. The molecule has 0 bridgehead atoms. The molecule has 8 heteroatoms. The average molecular weight is 408 g/mol. The van der Waals surface area contributed by atoms with Gasteiger partial charge in [-0.25, -0.2) is 13.2 Å². The Kier molecular flexibility index (Phi) is 6.76. The zero-order chi connectivity index (χ0) is 21.0. The summed E-state index contributed by atoms with van der Waals surface area (Å²) in [6.45, 7) is 2.82. The molecule has 1 fully saturated rings. The molecule has 2 aromatic carbocycles. The highest BCUT2D eigenvalue weighted by molar-refractivity contribution is 5.78. The first-order chi connectivity index (χ1) is 13.9. The maximum absolute atomic E-state index is 13.6. The molecule has 29 heavy (non-hydrogen) atoms. The molecule has 0 saturated carbocycles. The van der Waals surface area contributed by atoms with Crippen LogP contribution in [0.2, 0.25) is 0 Å². The van der Waals surface area contributed by atoms with Gasteiger partial charge in [-0.15, -0.1) is 0 Å². The maximum Gasteiger partial charge on any atom is 0.248 e. The second-order valence-corrected chi connectivity index (χ2v) is 6.98. The third-order valence-corrected chi connectivity index (χ3v) is 4.90. The lowest BCUT2D eigenvalue weighted by Gasteiger charge is -2.33. The van der Waals surface area contributed by atoms with E-state index in [2.05, 4.69) is 5.32 Å². The first-order valence-corrected chi connectivity index (χ1v) is 9.27. The van der Waals surface area contributed by atoms with E-state index in [0.29, 0.717) is 18.7 Å². The van der Waals surface area contributed by atoms with Gasteiger partial charge in [-0.05, 0) is 42.3 Å². The van der Waals surface area contributed by atoms with E-state index in [9.17, 15) is 18.0 Å². The molecule has 5 nitrogen and oxygen atoms in total. The third kappa shape index (κ3) is 5.27. The Balaban J connectivity index is 1.57. The van der Waals surface area contributed by atoms with E-state index in [-0.39, 0.29) is 37.0 Å². The summed E-state index contributed by atoms with van der Waals surface area (Å²) >= 11 is 0. The number of halogens is 3. The number of nitrogens with one attached hydrogen (secondary N) is 1. The van der Waals surface area contributed by atoms with Crippen LogP contribution in [0.1, 0.15) is 24.1 Å². The minimum Gasteiger partial charge on any atom is -0.494 e. The summed E-state index contributed by atoms with van der Waals surface area (Å²) in [4.78, 5) is 13.7. The molecular weight excluding hydrogens is 385 g/mol. The molecule has 1 amide bonds. The van der Waals surface area contributed by atoms with Gasteiger partial charge >= 0.3 is 0 Å². The molecule has 1 aliphatic heterocycles. The molecule has 1 N–H and O–H groups in total. The van der Waals surface area contributed by atoms with Gasteiger partial charge < -0.3 is 19.7 Å². The van der Waals surface area contributed by atoms with Gasteiger partial charge in [0.15, 0.2) is 23.2 Å². The van der Waals surface area contributed by atoms with Crippen LogP contribution in [0.3, 0.4) is 0 Å². The van der Waals surface area contributed by atoms with Crippen molar-refractivity contribution >= 4 is 5.91 Å². The average Bonchev–Trinajstić information content (AvgIpc) is 2.71. The van der Waals surface area contributed by atoms with Gasteiger partial charge in [-0.2, -0.15) is 0 Å². The van der Waals surface area contributed by atoms with Gasteiger partial charge in [-0.1, -0.05) is 12.1 Å². The van der Waals surface area contributed by atoms with Crippen LogP contribution in [0.4, 0.5) is 13.2 Å².